The number of hydrogen-bond donors (Lipinski definition) is 0. The highest BCUT2D eigenvalue weighted by atomic mass is 32.2. The Balaban J connectivity index is 2.29. The van der Waals surface area contributed by atoms with Gasteiger partial charge < -0.3 is 4.90 Å². The molecule has 0 aliphatic carbocycles. The molecule has 13 heavy (non-hydrogen) atoms. The molecule has 2 heterocycles. The summed E-state index contributed by atoms with van der Waals surface area (Å²) in [4.78, 5) is 24.7. The Hall–Kier alpha value is -0.770. The van der Waals surface area contributed by atoms with E-state index in [2.05, 4.69) is 0 Å². The fourth-order valence-corrected chi connectivity index (χ4v) is 2.51. The normalized spacial score (nSPS) is 28.5. The van der Waals surface area contributed by atoms with E-state index in [9.17, 15) is 9.59 Å². The fraction of sp³-hybridized carbons (Fsp3) is 0.556. The highest BCUT2D eigenvalue weighted by Gasteiger charge is 2.36. The van der Waals surface area contributed by atoms with E-state index in [0.717, 1.165) is 24.4 Å². The number of fused-ring (bicyclic) bond motifs is 1. The third kappa shape index (κ3) is 1.39. The fourth-order valence-electron chi connectivity index (χ4n) is 1.54. The SMILES string of the molecule is CC1C(=O)SC2=CCCCN2C1=O. The second-order valence-corrected chi connectivity index (χ2v) is 4.34. The lowest BCUT2D eigenvalue weighted by atomic mass is 10.1. The van der Waals surface area contributed by atoms with Gasteiger partial charge in [-0.15, -0.1) is 0 Å². The molecule has 2 aliphatic heterocycles. The van der Waals surface area contributed by atoms with Gasteiger partial charge in [0.2, 0.25) is 11.0 Å². The van der Waals surface area contributed by atoms with Crippen molar-refractivity contribution in [1.82, 2.24) is 4.90 Å². The Morgan fingerprint density at radius 1 is 1.54 bits per heavy atom. The van der Waals surface area contributed by atoms with Crippen LogP contribution in [0, 0.1) is 5.92 Å². The van der Waals surface area contributed by atoms with Crippen molar-refractivity contribution >= 4 is 22.8 Å². The zero-order valence-corrected chi connectivity index (χ0v) is 8.26. The Kier molecular flexibility index (Phi) is 2.15. The summed E-state index contributed by atoms with van der Waals surface area (Å²) in [5.41, 5.74) is 0. The summed E-state index contributed by atoms with van der Waals surface area (Å²) in [6.45, 7) is 2.46. The summed E-state index contributed by atoms with van der Waals surface area (Å²) < 4.78 is 0. The lowest BCUT2D eigenvalue weighted by molar-refractivity contribution is -0.137. The van der Waals surface area contributed by atoms with E-state index in [-0.39, 0.29) is 11.0 Å². The first-order valence-electron chi connectivity index (χ1n) is 4.43. The summed E-state index contributed by atoms with van der Waals surface area (Å²) in [6, 6.07) is 0. The molecular weight excluding hydrogens is 186 g/mol. The van der Waals surface area contributed by atoms with Gasteiger partial charge in [0, 0.05) is 6.54 Å². The van der Waals surface area contributed by atoms with Gasteiger partial charge in [-0.1, -0.05) is 6.08 Å². The smallest absolute Gasteiger partial charge is 0.238 e. The second-order valence-electron chi connectivity index (χ2n) is 3.32. The molecule has 3 nitrogen and oxygen atoms in total. The van der Waals surface area contributed by atoms with E-state index in [1.807, 2.05) is 6.08 Å². The number of hydrogen-bond acceptors (Lipinski definition) is 3. The van der Waals surface area contributed by atoms with Crippen LogP contribution in [0.25, 0.3) is 0 Å². The molecule has 0 aromatic heterocycles. The zero-order valence-electron chi connectivity index (χ0n) is 7.45. The van der Waals surface area contributed by atoms with Crippen molar-refractivity contribution in [3.63, 3.8) is 0 Å². The average Bonchev–Trinajstić information content (AvgIpc) is 2.15. The zero-order chi connectivity index (χ0) is 9.42. The van der Waals surface area contributed by atoms with Crippen molar-refractivity contribution in [1.29, 1.82) is 0 Å². The molecule has 0 bridgehead atoms. The van der Waals surface area contributed by atoms with Crippen LogP contribution in [-0.4, -0.2) is 22.5 Å². The molecule has 0 radical (unpaired) electrons. The Labute approximate surface area is 81.2 Å². The lowest BCUT2D eigenvalue weighted by Gasteiger charge is -2.33. The Morgan fingerprint density at radius 2 is 2.31 bits per heavy atom. The van der Waals surface area contributed by atoms with Crippen LogP contribution in [0.1, 0.15) is 19.8 Å². The van der Waals surface area contributed by atoms with Crippen LogP contribution in [0.2, 0.25) is 0 Å². The molecule has 1 amide bonds. The van der Waals surface area contributed by atoms with Crippen molar-refractivity contribution in [2.24, 2.45) is 5.92 Å². The Morgan fingerprint density at radius 3 is 3.08 bits per heavy atom. The van der Waals surface area contributed by atoms with Crippen molar-refractivity contribution < 1.29 is 9.59 Å². The average molecular weight is 197 g/mol. The van der Waals surface area contributed by atoms with Crippen molar-refractivity contribution in [2.75, 3.05) is 6.54 Å². The van der Waals surface area contributed by atoms with Gasteiger partial charge in [0.1, 0.15) is 5.92 Å². The minimum Gasteiger partial charge on any atom is -0.306 e. The predicted octanol–water partition coefficient (Wildman–Crippen LogP) is 1.36. The third-order valence-electron chi connectivity index (χ3n) is 2.37. The minimum absolute atomic E-state index is 0.0191. The molecule has 2 rings (SSSR count). The second kappa shape index (κ2) is 3.18. The van der Waals surface area contributed by atoms with E-state index >= 15 is 0 Å². The van der Waals surface area contributed by atoms with Gasteiger partial charge in [-0.25, -0.2) is 0 Å². The van der Waals surface area contributed by atoms with Gasteiger partial charge >= 0.3 is 0 Å². The standard InChI is InChI=1S/C9H11NO2S/c1-6-8(11)10-5-3-2-4-7(10)13-9(6)12/h4,6H,2-3,5H2,1H3. The molecule has 1 saturated heterocycles. The molecule has 0 spiro atoms. The predicted molar refractivity (Wildman–Crippen MR) is 50.8 cm³/mol. The molecule has 0 N–H and O–H groups in total. The number of rotatable bonds is 0. The third-order valence-corrected chi connectivity index (χ3v) is 3.52. The van der Waals surface area contributed by atoms with E-state index in [0.29, 0.717) is 0 Å². The van der Waals surface area contributed by atoms with Crippen LogP contribution in [0.4, 0.5) is 0 Å². The van der Waals surface area contributed by atoms with Crippen molar-refractivity contribution in [3.8, 4) is 0 Å². The van der Waals surface area contributed by atoms with Crippen LogP contribution >= 0.6 is 11.8 Å². The topological polar surface area (TPSA) is 37.4 Å². The number of carbonyl (C=O) groups excluding carboxylic acids is 2. The van der Waals surface area contributed by atoms with E-state index < -0.39 is 5.92 Å². The maximum atomic E-state index is 11.6. The molecule has 1 atom stereocenters. The summed E-state index contributed by atoms with van der Waals surface area (Å²) >= 11 is 1.21. The monoisotopic (exact) mass is 197 g/mol. The van der Waals surface area contributed by atoms with Gasteiger partial charge in [0.15, 0.2) is 0 Å². The molecule has 70 valence electrons. The van der Waals surface area contributed by atoms with Crippen LogP contribution in [0.5, 0.6) is 0 Å². The van der Waals surface area contributed by atoms with E-state index in [4.69, 9.17) is 0 Å². The highest BCUT2D eigenvalue weighted by molar-refractivity contribution is 8.17. The van der Waals surface area contributed by atoms with Gasteiger partial charge in [-0.05, 0) is 31.5 Å². The van der Waals surface area contributed by atoms with Gasteiger partial charge in [0.25, 0.3) is 0 Å². The Bertz CT molecular complexity index is 298. The summed E-state index contributed by atoms with van der Waals surface area (Å²) in [5.74, 6) is -0.491. The van der Waals surface area contributed by atoms with Crippen LogP contribution < -0.4 is 0 Å². The van der Waals surface area contributed by atoms with Gasteiger partial charge in [0.05, 0.1) is 5.03 Å². The van der Waals surface area contributed by atoms with Crippen molar-refractivity contribution in [3.05, 3.63) is 11.1 Å². The van der Waals surface area contributed by atoms with Gasteiger partial charge in [-0.2, -0.15) is 0 Å². The molecule has 0 saturated carbocycles. The number of allylic oxidation sites excluding steroid dienone is 1. The molecule has 4 heteroatoms. The first-order chi connectivity index (χ1) is 6.20. The quantitative estimate of drug-likeness (QED) is 0.550. The molecule has 0 aromatic carbocycles. The summed E-state index contributed by atoms with van der Waals surface area (Å²) in [6.07, 6.45) is 3.97. The minimum atomic E-state index is -0.458. The maximum absolute atomic E-state index is 11.6. The lowest BCUT2D eigenvalue weighted by Crippen LogP contribution is -2.42. The highest BCUT2D eigenvalue weighted by Crippen LogP contribution is 2.34. The van der Waals surface area contributed by atoms with E-state index in [1.165, 1.54) is 11.8 Å². The number of thioether (sulfide) groups is 1. The van der Waals surface area contributed by atoms with Crippen molar-refractivity contribution in [2.45, 2.75) is 19.8 Å². The molecule has 2 aliphatic rings. The number of amides is 1. The summed E-state index contributed by atoms with van der Waals surface area (Å²) in [5, 5.41) is 0.828. The van der Waals surface area contributed by atoms with Crippen LogP contribution in [-0.2, 0) is 9.59 Å². The van der Waals surface area contributed by atoms with Crippen LogP contribution in [0.15, 0.2) is 11.1 Å². The summed E-state index contributed by atoms with van der Waals surface area (Å²) in [7, 11) is 0. The molecular formula is C9H11NO2S. The first-order valence-corrected chi connectivity index (χ1v) is 5.25. The molecule has 1 unspecified atom stereocenters. The largest absolute Gasteiger partial charge is 0.306 e. The van der Waals surface area contributed by atoms with E-state index in [1.54, 1.807) is 11.8 Å². The maximum Gasteiger partial charge on any atom is 0.238 e. The molecule has 1 fully saturated rings. The first kappa shape index (κ1) is 8.81. The number of carbonyl (C=O) groups is 2. The van der Waals surface area contributed by atoms with Gasteiger partial charge in [-0.3, -0.25) is 9.59 Å². The number of nitrogens with zero attached hydrogens (tertiary/aromatic N) is 1. The molecule has 0 aromatic rings. The van der Waals surface area contributed by atoms with Crippen LogP contribution in [0.3, 0.4) is 0 Å².